The van der Waals surface area contributed by atoms with Gasteiger partial charge in [-0.3, -0.25) is 9.69 Å². The number of carbonyl (C=O) groups is 2. The van der Waals surface area contributed by atoms with Crippen LogP contribution in [0.1, 0.15) is 38.7 Å². The van der Waals surface area contributed by atoms with E-state index in [4.69, 9.17) is 0 Å². The van der Waals surface area contributed by atoms with E-state index >= 15 is 0 Å². The number of hydrogen-bond donors (Lipinski definition) is 0. The summed E-state index contributed by atoms with van der Waals surface area (Å²) in [7, 11) is 0. The van der Waals surface area contributed by atoms with Gasteiger partial charge in [-0.1, -0.05) is 37.3 Å². The number of Topliss-reactive ketones (excluding diaryl/α,β-unsaturated/α-hetero) is 2. The van der Waals surface area contributed by atoms with Gasteiger partial charge in [0.15, 0.2) is 0 Å². The van der Waals surface area contributed by atoms with Crippen LogP contribution < -0.4 is 0 Å². The minimum Gasteiger partial charge on any atom is -0.300 e. The smallest absolute Gasteiger partial charge is 0.141 e. The van der Waals surface area contributed by atoms with Crippen molar-refractivity contribution in [3.8, 4) is 0 Å². The molecule has 1 aliphatic heterocycles. The van der Waals surface area contributed by atoms with Crippen molar-refractivity contribution < 1.29 is 9.59 Å². The van der Waals surface area contributed by atoms with E-state index in [-0.39, 0.29) is 11.2 Å². The van der Waals surface area contributed by atoms with Gasteiger partial charge in [0, 0.05) is 37.9 Å². The number of carbonyl (C=O) groups excluding carboxylic acids is 2. The topological polar surface area (TPSA) is 37.4 Å². The summed E-state index contributed by atoms with van der Waals surface area (Å²) in [5.74, 6) is 0.474. The van der Waals surface area contributed by atoms with Crippen molar-refractivity contribution in [3.63, 3.8) is 0 Å². The predicted octanol–water partition coefficient (Wildman–Crippen LogP) is 2.84. The third kappa shape index (κ3) is 3.76. The Hall–Kier alpha value is -1.48. The molecule has 0 aromatic heterocycles. The number of hydrogen-bond acceptors (Lipinski definition) is 3. The lowest BCUT2D eigenvalue weighted by atomic mass is 9.76. The number of piperidine rings is 1. The van der Waals surface area contributed by atoms with Crippen molar-refractivity contribution in [2.45, 2.75) is 39.7 Å². The first kappa shape index (κ1) is 14.9. The molecular weight excluding hydrogens is 250 g/mol. The van der Waals surface area contributed by atoms with Gasteiger partial charge < -0.3 is 4.79 Å². The zero-order valence-corrected chi connectivity index (χ0v) is 12.4. The lowest BCUT2D eigenvalue weighted by Crippen LogP contribution is -2.47. The zero-order chi connectivity index (χ0) is 14.6. The summed E-state index contributed by atoms with van der Waals surface area (Å²) < 4.78 is 0. The van der Waals surface area contributed by atoms with Gasteiger partial charge in [-0.25, -0.2) is 0 Å². The van der Waals surface area contributed by atoms with Crippen LogP contribution in [0, 0.1) is 5.41 Å². The van der Waals surface area contributed by atoms with Gasteiger partial charge in [0.25, 0.3) is 0 Å². The highest BCUT2D eigenvalue weighted by molar-refractivity contribution is 5.86. The van der Waals surface area contributed by atoms with Gasteiger partial charge in [0.05, 0.1) is 0 Å². The van der Waals surface area contributed by atoms with Crippen LogP contribution in [-0.4, -0.2) is 29.6 Å². The third-order valence-electron chi connectivity index (χ3n) is 4.18. The predicted molar refractivity (Wildman–Crippen MR) is 79.4 cm³/mol. The molecule has 1 heterocycles. The maximum atomic E-state index is 12.2. The molecule has 0 radical (unpaired) electrons. The summed E-state index contributed by atoms with van der Waals surface area (Å²) in [5, 5.41) is 0. The quantitative estimate of drug-likeness (QED) is 0.828. The molecule has 3 nitrogen and oxygen atoms in total. The highest BCUT2D eigenvalue weighted by Crippen LogP contribution is 2.31. The van der Waals surface area contributed by atoms with Crippen LogP contribution in [0.3, 0.4) is 0 Å². The van der Waals surface area contributed by atoms with E-state index < -0.39 is 0 Å². The molecule has 0 unspecified atom stereocenters. The summed E-state index contributed by atoms with van der Waals surface area (Å²) in [6, 6.07) is 10.3. The van der Waals surface area contributed by atoms with E-state index in [0.717, 1.165) is 19.6 Å². The number of nitrogens with zero attached hydrogens (tertiary/aromatic N) is 1. The Morgan fingerprint density at radius 3 is 2.65 bits per heavy atom. The highest BCUT2D eigenvalue weighted by Gasteiger charge is 2.38. The molecule has 20 heavy (non-hydrogen) atoms. The molecular formula is C17H23NO2. The molecule has 1 saturated heterocycles. The van der Waals surface area contributed by atoms with Crippen LogP contribution in [-0.2, 0) is 16.1 Å². The number of likely N-dealkylation sites (tertiary alicyclic amines) is 1. The van der Waals surface area contributed by atoms with E-state index in [2.05, 4.69) is 17.0 Å². The monoisotopic (exact) mass is 273 g/mol. The van der Waals surface area contributed by atoms with Crippen molar-refractivity contribution in [2.75, 3.05) is 13.1 Å². The zero-order valence-electron chi connectivity index (χ0n) is 12.4. The van der Waals surface area contributed by atoms with E-state index in [0.29, 0.717) is 25.0 Å². The molecule has 0 bridgehead atoms. The minimum absolute atomic E-state index is 0.166. The van der Waals surface area contributed by atoms with E-state index in [1.54, 1.807) is 6.92 Å². The molecule has 1 aromatic rings. The molecule has 3 heteroatoms. The first-order chi connectivity index (χ1) is 9.49. The Balaban J connectivity index is 2.00. The molecule has 0 spiro atoms. The van der Waals surface area contributed by atoms with Gasteiger partial charge in [0.2, 0.25) is 0 Å². The second kappa shape index (κ2) is 6.31. The first-order valence-electron chi connectivity index (χ1n) is 7.29. The molecule has 1 aliphatic rings. The van der Waals surface area contributed by atoms with Crippen LogP contribution in [0.15, 0.2) is 30.3 Å². The van der Waals surface area contributed by atoms with Crippen LogP contribution in [0.2, 0.25) is 0 Å². The lowest BCUT2D eigenvalue weighted by Gasteiger charge is -2.39. The van der Waals surface area contributed by atoms with Crippen LogP contribution in [0.25, 0.3) is 0 Å². The summed E-state index contributed by atoms with van der Waals surface area (Å²) in [5.41, 5.74) is 0.911. The molecule has 0 aliphatic carbocycles. The number of ketones is 2. The van der Waals surface area contributed by atoms with Crippen LogP contribution in [0.4, 0.5) is 0 Å². The maximum absolute atomic E-state index is 12.2. The third-order valence-corrected chi connectivity index (χ3v) is 4.18. The number of rotatable bonds is 5. The van der Waals surface area contributed by atoms with Crippen molar-refractivity contribution in [3.05, 3.63) is 35.9 Å². The van der Waals surface area contributed by atoms with E-state index in [1.807, 2.05) is 25.1 Å². The SMILES string of the molecule is CC(=O)CC[C@@]1(C)CN(Cc2ccccc2)CCC1=O. The second-order valence-electron chi connectivity index (χ2n) is 6.13. The second-order valence-corrected chi connectivity index (χ2v) is 6.13. The standard InChI is InChI=1S/C17H23NO2/c1-14(19)8-10-17(2)13-18(11-9-16(17)20)12-15-6-4-3-5-7-15/h3-7H,8-13H2,1-2H3/t17-/m0/s1. The van der Waals surface area contributed by atoms with Gasteiger partial charge in [-0.05, 0) is 18.9 Å². The van der Waals surface area contributed by atoms with Gasteiger partial charge in [0.1, 0.15) is 11.6 Å². The molecule has 1 aromatic carbocycles. The Kier molecular flexibility index (Phi) is 4.71. The lowest BCUT2D eigenvalue weighted by molar-refractivity contribution is -0.134. The maximum Gasteiger partial charge on any atom is 0.141 e. The van der Waals surface area contributed by atoms with Crippen LogP contribution >= 0.6 is 0 Å². The Morgan fingerprint density at radius 1 is 1.30 bits per heavy atom. The van der Waals surface area contributed by atoms with Crippen molar-refractivity contribution in [1.82, 2.24) is 4.90 Å². The fourth-order valence-electron chi connectivity index (χ4n) is 2.87. The molecule has 1 fully saturated rings. The van der Waals surface area contributed by atoms with Gasteiger partial charge in [-0.2, -0.15) is 0 Å². The molecule has 108 valence electrons. The van der Waals surface area contributed by atoms with Crippen molar-refractivity contribution >= 4 is 11.6 Å². The fraction of sp³-hybridized carbons (Fsp3) is 0.529. The molecule has 1 atom stereocenters. The Bertz CT molecular complexity index is 483. The van der Waals surface area contributed by atoms with Gasteiger partial charge in [-0.15, -0.1) is 0 Å². The highest BCUT2D eigenvalue weighted by atomic mass is 16.1. The van der Waals surface area contributed by atoms with E-state index in [1.165, 1.54) is 5.56 Å². The van der Waals surface area contributed by atoms with Crippen molar-refractivity contribution in [1.29, 1.82) is 0 Å². The fourth-order valence-corrected chi connectivity index (χ4v) is 2.87. The average Bonchev–Trinajstić information content (AvgIpc) is 2.42. The summed E-state index contributed by atoms with van der Waals surface area (Å²) in [4.78, 5) is 25.7. The Labute approximate surface area is 121 Å². The van der Waals surface area contributed by atoms with E-state index in [9.17, 15) is 9.59 Å². The minimum atomic E-state index is -0.362. The number of benzene rings is 1. The molecule has 0 amide bonds. The molecule has 2 rings (SSSR count). The molecule has 0 N–H and O–H groups in total. The van der Waals surface area contributed by atoms with Crippen molar-refractivity contribution in [2.24, 2.45) is 5.41 Å². The molecule has 0 saturated carbocycles. The summed E-state index contributed by atoms with van der Waals surface area (Å²) >= 11 is 0. The largest absolute Gasteiger partial charge is 0.300 e. The normalized spacial score (nSPS) is 23.8. The van der Waals surface area contributed by atoms with Gasteiger partial charge >= 0.3 is 0 Å². The first-order valence-corrected chi connectivity index (χ1v) is 7.29. The summed E-state index contributed by atoms with van der Waals surface area (Å²) in [6.07, 6.45) is 1.77. The summed E-state index contributed by atoms with van der Waals surface area (Å²) in [6.45, 7) is 6.06. The average molecular weight is 273 g/mol. The van der Waals surface area contributed by atoms with Crippen LogP contribution in [0.5, 0.6) is 0 Å². The Morgan fingerprint density at radius 2 is 2.00 bits per heavy atom.